The van der Waals surface area contributed by atoms with Gasteiger partial charge < -0.3 is 29.5 Å². The highest BCUT2D eigenvalue weighted by molar-refractivity contribution is 5.97. The highest BCUT2D eigenvalue weighted by Crippen LogP contribution is 2.21. The fourth-order valence-electron chi connectivity index (χ4n) is 5.10. The smallest absolute Gasteiger partial charge is 0.343 e. The van der Waals surface area contributed by atoms with Gasteiger partial charge in [0.2, 0.25) is 5.91 Å². The lowest BCUT2D eigenvalue weighted by molar-refractivity contribution is -0.137. The summed E-state index contributed by atoms with van der Waals surface area (Å²) in [5.74, 6) is -0.822. The number of carbonyl (C=O) groups is 4. The second kappa shape index (κ2) is 18.6. The van der Waals surface area contributed by atoms with E-state index in [1.54, 1.807) is 73.8 Å². The van der Waals surface area contributed by atoms with Crippen molar-refractivity contribution in [2.45, 2.75) is 52.0 Å². The van der Waals surface area contributed by atoms with E-state index in [2.05, 4.69) is 12.2 Å². The second-order valence-corrected chi connectivity index (χ2v) is 11.5. The lowest BCUT2D eigenvalue weighted by Crippen LogP contribution is -2.35. The number of methoxy groups -OCH3 is 1. The van der Waals surface area contributed by atoms with Gasteiger partial charge in [0, 0.05) is 23.4 Å². The number of ether oxygens (including phenoxy) is 3. The molecule has 0 aliphatic heterocycles. The molecule has 0 aromatic heterocycles. The minimum Gasteiger partial charge on any atom is -0.496 e. The number of hydrogen-bond acceptors (Lipinski definition) is 7. The predicted molar refractivity (Wildman–Crippen MR) is 186 cm³/mol. The lowest BCUT2D eigenvalue weighted by atomic mass is 10.1. The van der Waals surface area contributed by atoms with E-state index < -0.39 is 24.4 Å². The van der Waals surface area contributed by atoms with Gasteiger partial charge in [-0.3, -0.25) is 14.4 Å². The number of esters is 1. The van der Waals surface area contributed by atoms with Crippen LogP contribution in [0.4, 0.5) is 5.69 Å². The van der Waals surface area contributed by atoms with Crippen molar-refractivity contribution in [3.05, 3.63) is 119 Å². The highest BCUT2D eigenvalue weighted by Gasteiger charge is 2.20. The maximum Gasteiger partial charge on any atom is 0.343 e. The van der Waals surface area contributed by atoms with E-state index in [0.29, 0.717) is 40.7 Å². The first-order valence-electron chi connectivity index (χ1n) is 16.3. The molecule has 4 rings (SSSR count). The van der Waals surface area contributed by atoms with Crippen LogP contribution in [0.5, 0.6) is 17.2 Å². The molecule has 0 heterocycles. The van der Waals surface area contributed by atoms with Crippen LogP contribution in [0.3, 0.4) is 0 Å². The van der Waals surface area contributed by atoms with Crippen molar-refractivity contribution in [2.24, 2.45) is 0 Å². The van der Waals surface area contributed by atoms with Gasteiger partial charge in [0.05, 0.1) is 25.7 Å². The molecule has 0 saturated carbocycles. The topological polar surface area (TPSA) is 131 Å². The van der Waals surface area contributed by atoms with Crippen molar-refractivity contribution in [1.82, 2.24) is 4.90 Å². The number of anilines is 1. The lowest BCUT2D eigenvalue weighted by Gasteiger charge is -2.21. The van der Waals surface area contributed by atoms with E-state index >= 15 is 0 Å². The standard InChI is InChI=1S/C39H42N2O8/c1-3-4-5-6-9-24-48-33-22-16-30(17-23-33)39(46)49-34-20-12-28(13-21-34)26-41(27-37(43)44)38(45)29-14-18-32(19-15-29)40-36(42)25-31-10-7-8-11-35(31)47-2/h7-8,10-23H,3-6,9,24-27H2,1-2H3,(H,40,42)(H,43,44). The van der Waals surface area contributed by atoms with Gasteiger partial charge in [-0.2, -0.15) is 0 Å². The van der Waals surface area contributed by atoms with Crippen LogP contribution in [0.2, 0.25) is 0 Å². The third-order valence-electron chi connectivity index (χ3n) is 7.69. The van der Waals surface area contributed by atoms with Crippen LogP contribution >= 0.6 is 0 Å². The highest BCUT2D eigenvalue weighted by atomic mass is 16.5. The Balaban J connectivity index is 1.30. The summed E-state index contributed by atoms with van der Waals surface area (Å²) in [6.07, 6.45) is 5.86. The maximum absolute atomic E-state index is 13.3. The van der Waals surface area contributed by atoms with Crippen LogP contribution in [0.15, 0.2) is 97.1 Å². The molecular weight excluding hydrogens is 624 g/mol. The number of carboxylic acid groups (broad SMARTS) is 1. The molecule has 0 radical (unpaired) electrons. The molecule has 10 nitrogen and oxygen atoms in total. The van der Waals surface area contributed by atoms with E-state index in [1.165, 1.54) is 36.3 Å². The first kappa shape index (κ1) is 36.2. The fourth-order valence-corrected chi connectivity index (χ4v) is 5.10. The number of amides is 2. The zero-order valence-corrected chi connectivity index (χ0v) is 27.9. The van der Waals surface area contributed by atoms with E-state index in [9.17, 15) is 24.3 Å². The number of para-hydroxylation sites is 1. The molecule has 0 spiro atoms. The Morgan fingerprint density at radius 1 is 0.755 bits per heavy atom. The van der Waals surface area contributed by atoms with Crippen LogP contribution in [0.25, 0.3) is 0 Å². The third kappa shape index (κ3) is 11.5. The molecule has 0 fully saturated rings. The number of nitrogens with one attached hydrogen (secondary N) is 1. The molecular formula is C39H42N2O8. The van der Waals surface area contributed by atoms with Gasteiger partial charge in [0.15, 0.2) is 0 Å². The van der Waals surface area contributed by atoms with Crippen molar-refractivity contribution in [1.29, 1.82) is 0 Å². The van der Waals surface area contributed by atoms with Crippen molar-refractivity contribution in [2.75, 3.05) is 25.6 Å². The molecule has 0 aliphatic rings. The normalized spacial score (nSPS) is 10.6. The van der Waals surface area contributed by atoms with Gasteiger partial charge in [0.25, 0.3) is 5.91 Å². The number of carboxylic acids is 1. The molecule has 4 aromatic rings. The minimum atomic E-state index is -1.16. The van der Waals surface area contributed by atoms with Gasteiger partial charge in [0.1, 0.15) is 23.8 Å². The van der Waals surface area contributed by atoms with Crippen molar-refractivity contribution >= 4 is 29.4 Å². The zero-order valence-electron chi connectivity index (χ0n) is 27.9. The largest absolute Gasteiger partial charge is 0.496 e. The Hall–Kier alpha value is -5.64. The molecule has 256 valence electrons. The maximum atomic E-state index is 13.3. The number of carbonyl (C=O) groups excluding carboxylic acids is 3. The fraction of sp³-hybridized carbons (Fsp3) is 0.282. The molecule has 0 saturated heterocycles. The SMILES string of the molecule is CCCCCCCOc1ccc(C(=O)Oc2ccc(CN(CC(=O)O)C(=O)c3ccc(NC(=O)Cc4ccccc4OC)cc3)cc2)cc1. The summed E-state index contributed by atoms with van der Waals surface area (Å²) in [6.45, 7) is 2.30. The molecule has 0 unspecified atom stereocenters. The summed E-state index contributed by atoms with van der Waals surface area (Å²) >= 11 is 0. The number of aliphatic carboxylic acids is 1. The van der Waals surface area contributed by atoms with Gasteiger partial charge in [-0.1, -0.05) is 62.9 Å². The van der Waals surface area contributed by atoms with E-state index in [-0.39, 0.29) is 24.4 Å². The van der Waals surface area contributed by atoms with Gasteiger partial charge in [-0.05, 0) is 78.7 Å². The predicted octanol–water partition coefficient (Wildman–Crippen LogP) is 7.17. The van der Waals surface area contributed by atoms with Gasteiger partial charge >= 0.3 is 11.9 Å². The molecule has 10 heteroatoms. The number of nitrogens with zero attached hydrogens (tertiary/aromatic N) is 1. The summed E-state index contributed by atoms with van der Waals surface area (Å²) in [6, 6.07) is 26.8. The van der Waals surface area contributed by atoms with Crippen LogP contribution in [0, 0.1) is 0 Å². The number of rotatable bonds is 18. The quantitative estimate of drug-likeness (QED) is 0.0649. The van der Waals surface area contributed by atoms with Crippen molar-refractivity contribution in [3.63, 3.8) is 0 Å². The summed E-state index contributed by atoms with van der Waals surface area (Å²) in [4.78, 5) is 51.4. The molecule has 4 aromatic carbocycles. The number of benzene rings is 4. The average molecular weight is 667 g/mol. The zero-order chi connectivity index (χ0) is 35.0. The molecule has 2 amide bonds. The van der Waals surface area contributed by atoms with E-state index in [0.717, 1.165) is 18.4 Å². The van der Waals surface area contributed by atoms with Crippen LogP contribution in [0.1, 0.15) is 70.9 Å². The van der Waals surface area contributed by atoms with Gasteiger partial charge in [-0.25, -0.2) is 4.79 Å². The van der Waals surface area contributed by atoms with Crippen molar-refractivity contribution in [3.8, 4) is 17.2 Å². The van der Waals surface area contributed by atoms with E-state index in [4.69, 9.17) is 14.2 Å². The summed E-state index contributed by atoms with van der Waals surface area (Å²) < 4.78 is 16.6. The molecule has 2 N–H and O–H groups in total. The minimum absolute atomic E-state index is 0.0107. The molecule has 0 atom stereocenters. The number of hydrogen-bond donors (Lipinski definition) is 2. The monoisotopic (exact) mass is 666 g/mol. The summed E-state index contributed by atoms with van der Waals surface area (Å²) in [7, 11) is 1.54. The van der Waals surface area contributed by atoms with Gasteiger partial charge in [-0.15, -0.1) is 0 Å². The summed E-state index contributed by atoms with van der Waals surface area (Å²) in [5, 5.41) is 12.3. The summed E-state index contributed by atoms with van der Waals surface area (Å²) in [5.41, 5.74) is 2.51. The third-order valence-corrected chi connectivity index (χ3v) is 7.69. The average Bonchev–Trinajstić information content (AvgIpc) is 3.10. The van der Waals surface area contributed by atoms with Crippen LogP contribution in [-0.4, -0.2) is 54.0 Å². The number of unbranched alkanes of at least 4 members (excludes halogenated alkanes) is 4. The Morgan fingerprint density at radius 2 is 1.41 bits per heavy atom. The Labute approximate surface area is 286 Å². The molecule has 0 aliphatic carbocycles. The first-order valence-corrected chi connectivity index (χ1v) is 16.3. The van der Waals surface area contributed by atoms with E-state index in [1.807, 2.05) is 18.2 Å². The van der Waals surface area contributed by atoms with Crippen LogP contribution in [-0.2, 0) is 22.6 Å². The second-order valence-electron chi connectivity index (χ2n) is 11.5. The van der Waals surface area contributed by atoms with Crippen LogP contribution < -0.4 is 19.5 Å². The molecule has 49 heavy (non-hydrogen) atoms. The molecule has 0 bridgehead atoms. The first-order chi connectivity index (χ1) is 23.7. The van der Waals surface area contributed by atoms with Crippen molar-refractivity contribution < 1.29 is 38.5 Å². The Kier molecular flexibility index (Phi) is 13.8. The Morgan fingerprint density at radius 3 is 2.08 bits per heavy atom. The Bertz CT molecular complexity index is 1690.